The predicted molar refractivity (Wildman–Crippen MR) is 113 cm³/mol. The highest BCUT2D eigenvalue weighted by Gasteiger charge is 2.23. The summed E-state index contributed by atoms with van der Waals surface area (Å²) in [6.45, 7) is 8.80. The first kappa shape index (κ1) is 19.2. The van der Waals surface area contributed by atoms with Gasteiger partial charge in [-0.3, -0.25) is 14.6 Å². The van der Waals surface area contributed by atoms with Crippen LogP contribution in [-0.4, -0.2) is 32.2 Å². The largest absolute Gasteiger partial charge is 0.349 e. The maximum absolute atomic E-state index is 12.5. The van der Waals surface area contributed by atoms with E-state index in [1.54, 1.807) is 10.9 Å². The molecule has 2 aromatic heterocycles. The van der Waals surface area contributed by atoms with Crippen LogP contribution in [-0.2, 0) is 10.3 Å². The molecule has 1 atom stereocenters. The lowest BCUT2D eigenvalue weighted by atomic mass is 10.1. The highest BCUT2D eigenvalue weighted by molar-refractivity contribution is 5.95. The van der Waals surface area contributed by atoms with Gasteiger partial charge in [-0.2, -0.15) is 10.1 Å². The second-order valence-electron chi connectivity index (χ2n) is 8.49. The van der Waals surface area contributed by atoms with Crippen molar-refractivity contribution in [2.45, 2.75) is 52.1 Å². The molecule has 1 saturated heterocycles. The normalized spacial score (nSPS) is 15.9. The zero-order chi connectivity index (χ0) is 20.8. The number of nitrogens with zero attached hydrogens (tertiary/aromatic N) is 4. The van der Waals surface area contributed by atoms with Crippen molar-refractivity contribution in [1.29, 1.82) is 0 Å². The van der Waals surface area contributed by atoms with Crippen LogP contribution in [0.3, 0.4) is 0 Å². The Bertz CT molecular complexity index is 1120. The highest BCUT2D eigenvalue weighted by atomic mass is 16.2. The number of carbonyl (C=O) groups is 1. The van der Waals surface area contributed by atoms with Crippen molar-refractivity contribution in [2.24, 2.45) is 0 Å². The zero-order valence-electron chi connectivity index (χ0n) is 17.2. The van der Waals surface area contributed by atoms with Crippen LogP contribution in [0.5, 0.6) is 0 Å². The minimum absolute atomic E-state index is 0.112. The quantitative estimate of drug-likeness (QED) is 0.709. The summed E-state index contributed by atoms with van der Waals surface area (Å²) >= 11 is 0. The smallest absolute Gasteiger partial charge is 0.263 e. The number of hydrogen-bond acceptors (Lipinski definition) is 5. The molecule has 1 aliphatic rings. The summed E-state index contributed by atoms with van der Waals surface area (Å²) in [6, 6.07) is 7.80. The molecular weight excluding hydrogens is 368 g/mol. The monoisotopic (exact) mass is 394 g/mol. The predicted octanol–water partition coefficient (Wildman–Crippen LogP) is 3.17. The van der Waals surface area contributed by atoms with Crippen molar-refractivity contribution >= 4 is 28.6 Å². The summed E-state index contributed by atoms with van der Waals surface area (Å²) < 4.78 is 1.76. The third-order valence-corrected chi connectivity index (χ3v) is 5.18. The molecule has 3 heterocycles. The second kappa shape index (κ2) is 7.02. The van der Waals surface area contributed by atoms with Crippen molar-refractivity contribution in [3.63, 3.8) is 0 Å². The van der Waals surface area contributed by atoms with Gasteiger partial charge in [0.2, 0.25) is 11.9 Å². The number of rotatable bonds is 4. The summed E-state index contributed by atoms with van der Waals surface area (Å²) in [6.07, 6.45) is 3.05. The third kappa shape index (κ3) is 3.62. The third-order valence-electron chi connectivity index (χ3n) is 5.18. The summed E-state index contributed by atoms with van der Waals surface area (Å²) in [4.78, 5) is 33.8. The lowest BCUT2D eigenvalue weighted by Crippen LogP contribution is -2.25. The molecule has 1 fully saturated rings. The van der Waals surface area contributed by atoms with Gasteiger partial charge in [0.25, 0.3) is 5.56 Å². The van der Waals surface area contributed by atoms with Gasteiger partial charge >= 0.3 is 0 Å². The Labute approximate surface area is 168 Å². The molecule has 152 valence electrons. The number of nitrogens with one attached hydrogen (secondary N) is 2. The summed E-state index contributed by atoms with van der Waals surface area (Å²) in [7, 11) is 0. The van der Waals surface area contributed by atoms with Crippen molar-refractivity contribution in [3.8, 4) is 0 Å². The molecule has 1 aromatic carbocycles. The molecule has 1 amide bonds. The topological polar surface area (TPSA) is 95.9 Å². The number of aromatic nitrogens is 4. The molecule has 8 nitrogen and oxygen atoms in total. The molecule has 0 saturated carbocycles. The van der Waals surface area contributed by atoms with Crippen LogP contribution in [0, 0.1) is 0 Å². The first-order valence-electron chi connectivity index (χ1n) is 9.89. The Kier molecular flexibility index (Phi) is 4.64. The van der Waals surface area contributed by atoms with Gasteiger partial charge in [-0.15, -0.1) is 0 Å². The van der Waals surface area contributed by atoms with Crippen molar-refractivity contribution in [3.05, 3.63) is 46.4 Å². The summed E-state index contributed by atoms with van der Waals surface area (Å²) in [5.74, 6) is 0.554. The van der Waals surface area contributed by atoms with Crippen molar-refractivity contribution < 1.29 is 4.79 Å². The number of amides is 1. The Hall–Kier alpha value is -3.16. The van der Waals surface area contributed by atoms with Crippen LogP contribution in [0.1, 0.15) is 52.1 Å². The van der Waals surface area contributed by atoms with E-state index in [0.717, 1.165) is 24.2 Å². The van der Waals surface area contributed by atoms with Crippen molar-refractivity contribution in [1.82, 2.24) is 19.7 Å². The van der Waals surface area contributed by atoms with E-state index < -0.39 is 0 Å². The Morgan fingerprint density at radius 1 is 1.24 bits per heavy atom. The van der Waals surface area contributed by atoms with E-state index in [1.165, 1.54) is 0 Å². The Balaban J connectivity index is 1.63. The second-order valence-corrected chi connectivity index (χ2v) is 8.49. The van der Waals surface area contributed by atoms with E-state index in [9.17, 15) is 9.59 Å². The first-order chi connectivity index (χ1) is 13.7. The van der Waals surface area contributed by atoms with Gasteiger partial charge in [-0.25, -0.2) is 4.68 Å². The van der Waals surface area contributed by atoms with Crippen molar-refractivity contribution in [2.75, 3.05) is 16.8 Å². The zero-order valence-corrected chi connectivity index (χ0v) is 17.2. The standard InChI is InChI=1S/C21H26N6O2/c1-13(14-7-5-8-15(11-14)26-10-6-9-17(26)28)23-20-24-18-16(19(29)25-20)12-22-27(18)21(2,3)4/h5,7-8,11-13H,6,9-10H2,1-4H3,(H2,23,24,25,29). The number of fused-ring (bicyclic) bond motifs is 1. The maximum Gasteiger partial charge on any atom is 0.263 e. The Morgan fingerprint density at radius 2 is 2.03 bits per heavy atom. The van der Waals surface area contributed by atoms with E-state index >= 15 is 0 Å². The first-order valence-corrected chi connectivity index (χ1v) is 9.89. The lowest BCUT2D eigenvalue weighted by Gasteiger charge is -2.21. The number of anilines is 2. The van der Waals surface area contributed by atoms with Gasteiger partial charge in [0.1, 0.15) is 5.39 Å². The molecule has 29 heavy (non-hydrogen) atoms. The maximum atomic E-state index is 12.5. The summed E-state index contributed by atoms with van der Waals surface area (Å²) in [5.41, 5.74) is 1.95. The molecule has 4 rings (SSSR count). The van der Waals surface area contributed by atoms with Gasteiger partial charge in [-0.1, -0.05) is 12.1 Å². The molecule has 0 bridgehead atoms. The molecule has 0 aliphatic carbocycles. The fourth-order valence-electron chi connectivity index (χ4n) is 3.65. The average Bonchev–Trinajstić information content (AvgIpc) is 3.28. The van der Waals surface area contributed by atoms with E-state index in [4.69, 9.17) is 0 Å². The van der Waals surface area contributed by atoms with Crippen LogP contribution in [0.15, 0.2) is 35.3 Å². The van der Waals surface area contributed by atoms with Crippen LogP contribution in [0.4, 0.5) is 11.6 Å². The molecule has 0 spiro atoms. The minimum atomic E-state index is -0.290. The SMILES string of the molecule is CC(Nc1nc2c(cnn2C(C)(C)C)c(=O)[nH]1)c1cccc(N2CCCC2=O)c1. The van der Waals surface area contributed by atoms with Crippen LogP contribution in [0.2, 0.25) is 0 Å². The van der Waals surface area contributed by atoms with E-state index in [1.807, 2.05) is 56.9 Å². The van der Waals surface area contributed by atoms with Gasteiger partial charge < -0.3 is 10.2 Å². The van der Waals surface area contributed by atoms with Gasteiger partial charge in [0.15, 0.2) is 5.65 Å². The van der Waals surface area contributed by atoms with Crippen LogP contribution < -0.4 is 15.8 Å². The van der Waals surface area contributed by atoms with E-state index in [0.29, 0.717) is 23.4 Å². The number of H-pyrrole nitrogens is 1. The molecule has 1 unspecified atom stereocenters. The summed E-state index contributed by atoms with van der Waals surface area (Å²) in [5, 5.41) is 8.08. The Morgan fingerprint density at radius 3 is 2.72 bits per heavy atom. The fraction of sp³-hybridized carbons (Fsp3) is 0.429. The van der Waals surface area contributed by atoms with Gasteiger partial charge in [0, 0.05) is 18.7 Å². The average molecular weight is 394 g/mol. The lowest BCUT2D eigenvalue weighted by molar-refractivity contribution is -0.117. The van der Waals surface area contributed by atoms with E-state index in [-0.39, 0.29) is 23.0 Å². The number of aromatic amines is 1. The molecule has 8 heteroatoms. The highest BCUT2D eigenvalue weighted by Crippen LogP contribution is 2.26. The minimum Gasteiger partial charge on any atom is -0.349 e. The van der Waals surface area contributed by atoms with Gasteiger partial charge in [0.05, 0.1) is 17.8 Å². The number of benzene rings is 1. The van der Waals surface area contributed by atoms with Gasteiger partial charge in [-0.05, 0) is 51.8 Å². The fourth-order valence-corrected chi connectivity index (χ4v) is 3.65. The number of carbonyl (C=O) groups excluding carboxylic acids is 1. The number of hydrogen-bond donors (Lipinski definition) is 2. The van der Waals surface area contributed by atoms with Crippen LogP contribution >= 0.6 is 0 Å². The van der Waals surface area contributed by atoms with Crippen LogP contribution in [0.25, 0.3) is 11.0 Å². The molecule has 0 radical (unpaired) electrons. The molecular formula is C21H26N6O2. The molecule has 2 N–H and O–H groups in total. The van der Waals surface area contributed by atoms with E-state index in [2.05, 4.69) is 20.4 Å². The molecule has 3 aromatic rings. The molecule has 1 aliphatic heterocycles.